The van der Waals surface area contributed by atoms with Gasteiger partial charge in [0.1, 0.15) is 5.82 Å². The van der Waals surface area contributed by atoms with Gasteiger partial charge in [0, 0.05) is 35.8 Å². The lowest BCUT2D eigenvalue weighted by Crippen LogP contribution is -2.25. The highest BCUT2D eigenvalue weighted by atomic mass is 15.3. The van der Waals surface area contributed by atoms with Crippen LogP contribution in [-0.4, -0.2) is 26.3 Å². The topological polar surface area (TPSA) is 46.8 Å². The molecule has 0 bridgehead atoms. The summed E-state index contributed by atoms with van der Waals surface area (Å²) in [6.07, 6.45) is 2.27. The number of benzene rings is 2. The van der Waals surface area contributed by atoms with Crippen LogP contribution in [-0.2, 0) is 7.05 Å². The first-order valence-electron chi connectivity index (χ1n) is 10.2. The minimum Gasteiger partial charge on any atom is -0.349 e. The molecule has 4 aromatic rings. The molecule has 5 heteroatoms. The molecule has 2 aromatic carbocycles. The van der Waals surface area contributed by atoms with Gasteiger partial charge in [0.15, 0.2) is 5.82 Å². The van der Waals surface area contributed by atoms with E-state index in [9.17, 15) is 0 Å². The molecule has 0 aliphatic carbocycles. The van der Waals surface area contributed by atoms with E-state index in [-0.39, 0.29) is 0 Å². The summed E-state index contributed by atoms with van der Waals surface area (Å²) in [5.41, 5.74) is 5.73. The second kappa shape index (κ2) is 6.99. The average Bonchev–Trinajstić information content (AvgIpc) is 3.31. The Morgan fingerprint density at radius 2 is 1.69 bits per heavy atom. The van der Waals surface area contributed by atoms with E-state index in [0.29, 0.717) is 6.04 Å². The maximum atomic E-state index is 5.08. The average molecular weight is 383 g/mol. The van der Waals surface area contributed by atoms with Crippen LogP contribution in [0.4, 0.5) is 5.82 Å². The van der Waals surface area contributed by atoms with Crippen molar-refractivity contribution < 1.29 is 0 Å². The fraction of sp³-hybridized carbons (Fsp3) is 0.292. The third-order valence-corrected chi connectivity index (χ3v) is 6.04. The minimum absolute atomic E-state index is 0.297. The second-order valence-corrected chi connectivity index (χ2v) is 7.81. The van der Waals surface area contributed by atoms with Crippen molar-refractivity contribution in [2.24, 2.45) is 7.05 Å². The molecule has 0 N–H and O–H groups in total. The quantitative estimate of drug-likeness (QED) is 0.500. The summed E-state index contributed by atoms with van der Waals surface area (Å²) in [4.78, 5) is 12.4. The van der Waals surface area contributed by atoms with Gasteiger partial charge in [0.25, 0.3) is 0 Å². The Labute approximate surface area is 171 Å². The van der Waals surface area contributed by atoms with E-state index in [0.717, 1.165) is 53.2 Å². The zero-order valence-electron chi connectivity index (χ0n) is 17.1. The fourth-order valence-corrected chi connectivity index (χ4v) is 4.59. The second-order valence-electron chi connectivity index (χ2n) is 7.81. The van der Waals surface area contributed by atoms with Crippen LogP contribution in [0.15, 0.2) is 54.6 Å². The summed E-state index contributed by atoms with van der Waals surface area (Å²) < 4.78 is 1.99. The van der Waals surface area contributed by atoms with Gasteiger partial charge in [0.2, 0.25) is 0 Å². The van der Waals surface area contributed by atoms with E-state index in [1.807, 2.05) is 36.0 Å². The lowest BCUT2D eigenvalue weighted by Gasteiger charge is -2.28. The number of hydrogen-bond acceptors (Lipinski definition) is 4. The van der Waals surface area contributed by atoms with E-state index in [1.165, 1.54) is 11.3 Å². The third kappa shape index (κ3) is 2.97. The van der Waals surface area contributed by atoms with Gasteiger partial charge in [-0.1, -0.05) is 42.5 Å². The standard InChI is InChI=1S/C24H25N5/c1-16-22(17(2)28(3)27-16)21-14-9-15-29(21)24-19-12-7-8-13-20(19)25-23(26-24)18-10-5-4-6-11-18/h4-8,10-13,21H,9,14-15H2,1-3H3. The van der Waals surface area contributed by atoms with Crippen LogP contribution in [0.1, 0.15) is 35.8 Å². The Bertz CT molecular complexity index is 1180. The van der Waals surface area contributed by atoms with Crippen molar-refractivity contribution in [2.45, 2.75) is 32.7 Å². The smallest absolute Gasteiger partial charge is 0.162 e. The van der Waals surface area contributed by atoms with Crippen molar-refractivity contribution in [3.05, 3.63) is 71.5 Å². The molecule has 2 aromatic heterocycles. The SMILES string of the molecule is Cc1nn(C)c(C)c1C1CCCN1c1nc(-c2ccccc2)nc2ccccc12. The van der Waals surface area contributed by atoms with Crippen LogP contribution in [0.3, 0.4) is 0 Å². The minimum atomic E-state index is 0.297. The van der Waals surface area contributed by atoms with Gasteiger partial charge < -0.3 is 4.90 Å². The van der Waals surface area contributed by atoms with Gasteiger partial charge in [-0.2, -0.15) is 5.10 Å². The molecular formula is C24H25N5. The number of anilines is 1. The molecule has 29 heavy (non-hydrogen) atoms. The summed E-state index contributed by atoms with van der Waals surface area (Å²) in [7, 11) is 2.03. The lowest BCUT2D eigenvalue weighted by molar-refractivity contribution is 0.695. The number of aromatic nitrogens is 4. The zero-order chi connectivity index (χ0) is 20.0. The van der Waals surface area contributed by atoms with Gasteiger partial charge in [-0.25, -0.2) is 9.97 Å². The molecule has 0 amide bonds. The Morgan fingerprint density at radius 3 is 2.45 bits per heavy atom. The van der Waals surface area contributed by atoms with Crippen molar-refractivity contribution in [3.63, 3.8) is 0 Å². The van der Waals surface area contributed by atoms with Crippen LogP contribution >= 0.6 is 0 Å². The van der Waals surface area contributed by atoms with Crippen LogP contribution < -0.4 is 4.90 Å². The van der Waals surface area contributed by atoms with Crippen molar-refractivity contribution >= 4 is 16.7 Å². The Kier molecular flexibility index (Phi) is 4.31. The molecule has 0 saturated carbocycles. The highest BCUT2D eigenvalue weighted by Gasteiger charge is 2.32. The predicted molar refractivity (Wildman–Crippen MR) is 117 cm³/mol. The molecule has 0 spiro atoms. The number of para-hydroxylation sites is 1. The lowest BCUT2D eigenvalue weighted by atomic mass is 10.0. The largest absolute Gasteiger partial charge is 0.349 e. The Balaban J connectivity index is 1.69. The summed E-state index contributed by atoms with van der Waals surface area (Å²) in [6, 6.07) is 18.9. The van der Waals surface area contributed by atoms with Crippen molar-refractivity contribution in [1.29, 1.82) is 0 Å². The van der Waals surface area contributed by atoms with E-state index in [2.05, 4.69) is 54.2 Å². The first-order chi connectivity index (χ1) is 14.1. The highest BCUT2D eigenvalue weighted by Crippen LogP contribution is 2.40. The predicted octanol–water partition coefficient (Wildman–Crippen LogP) is 4.99. The Morgan fingerprint density at radius 1 is 0.931 bits per heavy atom. The number of aryl methyl sites for hydroxylation is 2. The van der Waals surface area contributed by atoms with Crippen molar-refractivity contribution in [2.75, 3.05) is 11.4 Å². The van der Waals surface area contributed by atoms with Crippen LogP contribution in [0, 0.1) is 13.8 Å². The summed E-state index contributed by atoms with van der Waals surface area (Å²) in [5.74, 6) is 1.81. The van der Waals surface area contributed by atoms with Crippen LogP contribution in [0.5, 0.6) is 0 Å². The first-order valence-corrected chi connectivity index (χ1v) is 10.2. The van der Waals surface area contributed by atoms with E-state index in [4.69, 9.17) is 9.97 Å². The molecule has 1 aliphatic heterocycles. The molecule has 1 atom stereocenters. The van der Waals surface area contributed by atoms with Gasteiger partial charge in [-0.3, -0.25) is 4.68 Å². The molecule has 1 aliphatic rings. The molecule has 5 nitrogen and oxygen atoms in total. The first kappa shape index (κ1) is 17.9. The van der Waals surface area contributed by atoms with Gasteiger partial charge in [-0.15, -0.1) is 0 Å². The van der Waals surface area contributed by atoms with Crippen LogP contribution in [0.2, 0.25) is 0 Å². The van der Waals surface area contributed by atoms with E-state index < -0.39 is 0 Å². The normalized spacial score (nSPS) is 16.7. The van der Waals surface area contributed by atoms with Crippen molar-refractivity contribution in [3.8, 4) is 11.4 Å². The molecule has 0 radical (unpaired) electrons. The summed E-state index contributed by atoms with van der Waals surface area (Å²) >= 11 is 0. The number of hydrogen-bond donors (Lipinski definition) is 0. The molecule has 1 unspecified atom stereocenters. The molecule has 1 fully saturated rings. The number of rotatable bonds is 3. The zero-order valence-corrected chi connectivity index (χ0v) is 17.1. The summed E-state index contributed by atoms with van der Waals surface area (Å²) in [6.45, 7) is 5.28. The molecule has 146 valence electrons. The van der Waals surface area contributed by atoms with E-state index >= 15 is 0 Å². The number of fused-ring (bicyclic) bond motifs is 1. The molecule has 3 heterocycles. The summed E-state index contributed by atoms with van der Waals surface area (Å²) in [5, 5.41) is 5.78. The van der Waals surface area contributed by atoms with Gasteiger partial charge in [0.05, 0.1) is 17.3 Å². The third-order valence-electron chi connectivity index (χ3n) is 6.04. The molecule has 1 saturated heterocycles. The maximum Gasteiger partial charge on any atom is 0.162 e. The Hall–Kier alpha value is -3.21. The molecule has 5 rings (SSSR count). The highest BCUT2D eigenvalue weighted by molar-refractivity contribution is 5.91. The van der Waals surface area contributed by atoms with Gasteiger partial charge in [-0.05, 0) is 38.8 Å². The monoisotopic (exact) mass is 383 g/mol. The fourth-order valence-electron chi connectivity index (χ4n) is 4.59. The van der Waals surface area contributed by atoms with Crippen LogP contribution in [0.25, 0.3) is 22.3 Å². The van der Waals surface area contributed by atoms with Crippen molar-refractivity contribution in [1.82, 2.24) is 19.7 Å². The van der Waals surface area contributed by atoms with Gasteiger partial charge >= 0.3 is 0 Å². The molecular weight excluding hydrogens is 358 g/mol. The van der Waals surface area contributed by atoms with E-state index in [1.54, 1.807) is 0 Å². The number of nitrogens with zero attached hydrogens (tertiary/aromatic N) is 5. The maximum absolute atomic E-state index is 5.08.